The summed E-state index contributed by atoms with van der Waals surface area (Å²) in [4.78, 5) is 26.7. The van der Waals surface area contributed by atoms with Crippen molar-refractivity contribution in [1.29, 1.82) is 0 Å². The van der Waals surface area contributed by atoms with Crippen molar-refractivity contribution in [2.45, 2.75) is 6.54 Å². The number of nitrogens with one attached hydrogen (secondary N) is 1. The van der Waals surface area contributed by atoms with Crippen LogP contribution < -0.4 is 10.2 Å². The van der Waals surface area contributed by atoms with Gasteiger partial charge < -0.3 is 15.3 Å². The van der Waals surface area contributed by atoms with Crippen LogP contribution in [0.4, 0.5) is 22.7 Å². The number of piperazine rings is 1. The van der Waals surface area contributed by atoms with Gasteiger partial charge in [-0.3, -0.25) is 15.0 Å². The molecular formula is C24H24N4O4. The second-order valence-corrected chi connectivity index (χ2v) is 7.72. The van der Waals surface area contributed by atoms with Gasteiger partial charge in [0.15, 0.2) is 0 Å². The fraction of sp³-hybridized carbons (Fsp3) is 0.208. The molecule has 1 heterocycles. The highest BCUT2D eigenvalue weighted by molar-refractivity contribution is 5.90. The zero-order valence-corrected chi connectivity index (χ0v) is 17.5. The number of benzene rings is 3. The van der Waals surface area contributed by atoms with Gasteiger partial charge in [-0.1, -0.05) is 36.4 Å². The number of aromatic carboxylic acids is 1. The summed E-state index contributed by atoms with van der Waals surface area (Å²) >= 11 is 0. The summed E-state index contributed by atoms with van der Waals surface area (Å²) in [5.41, 5.74) is 2.92. The fourth-order valence-corrected chi connectivity index (χ4v) is 3.86. The molecule has 0 saturated carbocycles. The normalized spacial score (nSPS) is 14.2. The van der Waals surface area contributed by atoms with Crippen LogP contribution in [0.1, 0.15) is 15.9 Å². The van der Waals surface area contributed by atoms with E-state index in [0.717, 1.165) is 44.5 Å². The third kappa shape index (κ3) is 5.04. The molecule has 1 fully saturated rings. The largest absolute Gasteiger partial charge is 0.478 e. The Morgan fingerprint density at radius 2 is 1.72 bits per heavy atom. The van der Waals surface area contributed by atoms with Crippen LogP contribution in [0, 0.1) is 10.1 Å². The molecule has 0 bridgehead atoms. The Balaban J connectivity index is 1.43. The first kappa shape index (κ1) is 21.3. The third-order valence-electron chi connectivity index (χ3n) is 5.55. The average Bonchev–Trinajstić information content (AvgIpc) is 2.80. The van der Waals surface area contributed by atoms with E-state index in [2.05, 4.69) is 39.4 Å². The lowest BCUT2D eigenvalue weighted by atomic mass is 10.1. The van der Waals surface area contributed by atoms with E-state index in [4.69, 9.17) is 5.11 Å². The standard InChI is InChI=1S/C24H24N4O4/c29-24(30)19-9-10-22(23(15-19)28(31)32)25-20-7-4-8-21(16-20)27-13-11-26(12-14-27)17-18-5-2-1-3-6-18/h1-10,15-16,25H,11-14,17H2,(H,29,30). The van der Waals surface area contributed by atoms with Gasteiger partial charge in [0.1, 0.15) is 5.69 Å². The molecular weight excluding hydrogens is 408 g/mol. The quantitative estimate of drug-likeness (QED) is 0.423. The molecule has 3 aromatic rings. The topological polar surface area (TPSA) is 99.0 Å². The minimum atomic E-state index is -1.20. The molecule has 1 aliphatic heterocycles. The first-order valence-corrected chi connectivity index (χ1v) is 10.4. The van der Waals surface area contributed by atoms with Crippen molar-refractivity contribution in [2.75, 3.05) is 36.4 Å². The van der Waals surface area contributed by atoms with Crippen molar-refractivity contribution < 1.29 is 14.8 Å². The van der Waals surface area contributed by atoms with Crippen LogP contribution in [-0.2, 0) is 6.54 Å². The molecule has 2 N–H and O–H groups in total. The summed E-state index contributed by atoms with van der Waals surface area (Å²) in [6, 6.07) is 22.0. The number of anilines is 3. The first-order chi connectivity index (χ1) is 15.5. The van der Waals surface area contributed by atoms with Gasteiger partial charge >= 0.3 is 5.97 Å². The van der Waals surface area contributed by atoms with Crippen molar-refractivity contribution in [3.8, 4) is 0 Å². The minimum absolute atomic E-state index is 0.121. The highest BCUT2D eigenvalue weighted by atomic mass is 16.6. The lowest BCUT2D eigenvalue weighted by molar-refractivity contribution is -0.383. The monoisotopic (exact) mass is 432 g/mol. The van der Waals surface area contributed by atoms with E-state index >= 15 is 0 Å². The van der Waals surface area contributed by atoms with E-state index in [1.807, 2.05) is 30.3 Å². The molecule has 164 valence electrons. The molecule has 0 unspecified atom stereocenters. The molecule has 0 aromatic heterocycles. The number of nitro benzene ring substituents is 1. The minimum Gasteiger partial charge on any atom is -0.478 e. The fourth-order valence-electron chi connectivity index (χ4n) is 3.86. The number of nitro groups is 1. The maximum absolute atomic E-state index is 11.4. The Kier molecular flexibility index (Phi) is 6.32. The predicted molar refractivity (Wildman–Crippen MR) is 124 cm³/mol. The van der Waals surface area contributed by atoms with Crippen LogP contribution in [0.3, 0.4) is 0 Å². The molecule has 0 spiro atoms. The molecule has 0 atom stereocenters. The van der Waals surface area contributed by atoms with Gasteiger partial charge in [-0.2, -0.15) is 0 Å². The van der Waals surface area contributed by atoms with Crippen LogP contribution in [0.2, 0.25) is 0 Å². The van der Waals surface area contributed by atoms with Gasteiger partial charge in [0.25, 0.3) is 5.69 Å². The van der Waals surface area contributed by atoms with Gasteiger partial charge in [-0.25, -0.2) is 4.79 Å². The Morgan fingerprint density at radius 3 is 2.41 bits per heavy atom. The highest BCUT2D eigenvalue weighted by Crippen LogP contribution is 2.30. The smallest absolute Gasteiger partial charge is 0.335 e. The summed E-state index contributed by atoms with van der Waals surface area (Å²) in [7, 11) is 0. The lowest BCUT2D eigenvalue weighted by Gasteiger charge is -2.36. The van der Waals surface area contributed by atoms with Gasteiger partial charge in [0, 0.05) is 50.2 Å². The van der Waals surface area contributed by atoms with E-state index in [9.17, 15) is 14.9 Å². The summed E-state index contributed by atoms with van der Waals surface area (Å²) in [5, 5.41) is 23.6. The molecule has 8 heteroatoms. The number of carboxylic acid groups (broad SMARTS) is 1. The highest BCUT2D eigenvalue weighted by Gasteiger charge is 2.19. The summed E-state index contributed by atoms with van der Waals surface area (Å²) < 4.78 is 0. The van der Waals surface area contributed by atoms with Crippen molar-refractivity contribution in [2.24, 2.45) is 0 Å². The SMILES string of the molecule is O=C(O)c1ccc(Nc2cccc(N3CCN(Cc4ccccc4)CC3)c2)c([N+](=O)[O-])c1. The second-order valence-electron chi connectivity index (χ2n) is 7.72. The van der Waals surface area contributed by atoms with Crippen molar-refractivity contribution in [3.63, 3.8) is 0 Å². The van der Waals surface area contributed by atoms with Crippen LogP contribution in [0.5, 0.6) is 0 Å². The van der Waals surface area contributed by atoms with Gasteiger partial charge in [0.2, 0.25) is 0 Å². The molecule has 0 aliphatic carbocycles. The van der Waals surface area contributed by atoms with Gasteiger partial charge in [0.05, 0.1) is 10.5 Å². The molecule has 4 rings (SSSR count). The molecule has 1 saturated heterocycles. The molecule has 0 radical (unpaired) electrons. The number of carbonyl (C=O) groups is 1. The average molecular weight is 432 g/mol. The number of hydrogen-bond donors (Lipinski definition) is 2. The Bertz CT molecular complexity index is 1110. The van der Waals surface area contributed by atoms with Crippen LogP contribution >= 0.6 is 0 Å². The van der Waals surface area contributed by atoms with Crippen molar-refractivity contribution >= 4 is 28.7 Å². The summed E-state index contributed by atoms with van der Waals surface area (Å²) in [5.74, 6) is -1.20. The Hall–Kier alpha value is -3.91. The van der Waals surface area contributed by atoms with E-state index in [1.54, 1.807) is 0 Å². The maximum Gasteiger partial charge on any atom is 0.335 e. The molecule has 8 nitrogen and oxygen atoms in total. The Labute approximate surface area is 185 Å². The second kappa shape index (κ2) is 9.49. The van der Waals surface area contributed by atoms with E-state index < -0.39 is 10.9 Å². The van der Waals surface area contributed by atoms with Crippen LogP contribution in [0.15, 0.2) is 72.8 Å². The number of carboxylic acids is 1. The molecule has 0 amide bonds. The van der Waals surface area contributed by atoms with Crippen LogP contribution in [-0.4, -0.2) is 47.1 Å². The molecule has 1 aliphatic rings. The molecule has 32 heavy (non-hydrogen) atoms. The van der Waals surface area contributed by atoms with E-state index in [0.29, 0.717) is 5.69 Å². The number of hydrogen-bond acceptors (Lipinski definition) is 6. The first-order valence-electron chi connectivity index (χ1n) is 10.4. The summed E-state index contributed by atoms with van der Waals surface area (Å²) in [6.07, 6.45) is 0. The number of rotatable bonds is 7. The van der Waals surface area contributed by atoms with Gasteiger partial charge in [-0.05, 0) is 35.9 Å². The molecule has 3 aromatic carbocycles. The van der Waals surface area contributed by atoms with Crippen molar-refractivity contribution in [1.82, 2.24) is 4.90 Å². The van der Waals surface area contributed by atoms with Crippen LogP contribution in [0.25, 0.3) is 0 Å². The third-order valence-corrected chi connectivity index (χ3v) is 5.55. The van der Waals surface area contributed by atoms with E-state index in [1.165, 1.54) is 17.7 Å². The van der Waals surface area contributed by atoms with Crippen molar-refractivity contribution in [3.05, 3.63) is 94.0 Å². The maximum atomic E-state index is 11.4. The van der Waals surface area contributed by atoms with E-state index in [-0.39, 0.29) is 16.9 Å². The van der Waals surface area contributed by atoms with Gasteiger partial charge in [-0.15, -0.1) is 0 Å². The Morgan fingerprint density at radius 1 is 0.969 bits per heavy atom. The predicted octanol–water partition coefficient (Wildman–Crippen LogP) is 4.36. The summed E-state index contributed by atoms with van der Waals surface area (Å²) in [6.45, 7) is 4.63. The zero-order chi connectivity index (χ0) is 22.5. The zero-order valence-electron chi connectivity index (χ0n) is 17.5. The number of nitrogens with zero attached hydrogens (tertiary/aromatic N) is 3. The lowest BCUT2D eigenvalue weighted by Crippen LogP contribution is -2.45.